The van der Waals surface area contributed by atoms with Gasteiger partial charge < -0.3 is 15.5 Å². The van der Waals surface area contributed by atoms with Crippen LogP contribution in [-0.2, 0) is 21.4 Å². The number of hydrogen-bond donors (Lipinski definition) is 2. The monoisotopic (exact) mass is 481 g/mol. The molecule has 8 nitrogen and oxygen atoms in total. The minimum atomic E-state index is -4.11. The molecule has 2 amide bonds. The summed E-state index contributed by atoms with van der Waals surface area (Å²) in [5, 5.41) is 2.86. The highest BCUT2D eigenvalue weighted by atomic mass is 35.5. The molecule has 0 bridgehead atoms. The van der Waals surface area contributed by atoms with Gasteiger partial charge in [-0.2, -0.15) is 4.31 Å². The Morgan fingerprint density at radius 3 is 2.32 bits per heavy atom. The summed E-state index contributed by atoms with van der Waals surface area (Å²) in [6.07, 6.45) is 1.40. The molecule has 0 saturated heterocycles. The number of anilines is 1. The Morgan fingerprint density at radius 1 is 1.03 bits per heavy atom. The van der Waals surface area contributed by atoms with E-state index < -0.39 is 28.4 Å². The molecule has 3 rings (SSSR count). The van der Waals surface area contributed by atoms with E-state index in [-0.39, 0.29) is 27.0 Å². The van der Waals surface area contributed by atoms with E-state index in [9.17, 15) is 18.0 Å². The molecule has 0 fully saturated rings. The lowest BCUT2D eigenvalue weighted by Gasteiger charge is -2.21. The van der Waals surface area contributed by atoms with Gasteiger partial charge in [0.05, 0.1) is 34.3 Å². The van der Waals surface area contributed by atoms with Gasteiger partial charge in [-0.15, -0.1) is 0 Å². The van der Waals surface area contributed by atoms with Crippen molar-refractivity contribution in [3.05, 3.63) is 82.2 Å². The van der Waals surface area contributed by atoms with Crippen LogP contribution in [0, 0.1) is 0 Å². The first-order chi connectivity index (χ1) is 14.7. The number of halogens is 2. The van der Waals surface area contributed by atoms with E-state index >= 15 is 0 Å². The molecule has 0 saturated carbocycles. The third-order valence-electron chi connectivity index (χ3n) is 4.21. The van der Waals surface area contributed by atoms with Gasteiger partial charge in [-0.1, -0.05) is 23.2 Å². The van der Waals surface area contributed by atoms with Crippen molar-refractivity contribution in [2.24, 2.45) is 5.73 Å². The molecule has 0 aliphatic carbocycles. The molecule has 1 aromatic heterocycles. The van der Waals surface area contributed by atoms with Crippen LogP contribution in [0.1, 0.15) is 16.1 Å². The van der Waals surface area contributed by atoms with Crippen molar-refractivity contribution in [2.45, 2.75) is 11.4 Å². The van der Waals surface area contributed by atoms with E-state index in [1.165, 1.54) is 48.7 Å². The molecule has 3 N–H and O–H groups in total. The number of furan rings is 1. The van der Waals surface area contributed by atoms with Crippen molar-refractivity contribution in [1.82, 2.24) is 4.31 Å². The number of carbonyl (C=O) groups is 2. The number of hydrogen-bond acceptors (Lipinski definition) is 5. The number of nitrogens with one attached hydrogen (secondary N) is 1. The molecule has 0 radical (unpaired) electrons. The van der Waals surface area contributed by atoms with E-state index in [1.807, 2.05) is 0 Å². The molecule has 31 heavy (non-hydrogen) atoms. The van der Waals surface area contributed by atoms with Crippen LogP contribution >= 0.6 is 23.2 Å². The fourth-order valence-electron chi connectivity index (χ4n) is 2.67. The predicted octanol–water partition coefficient (Wildman–Crippen LogP) is 3.51. The average molecular weight is 482 g/mol. The van der Waals surface area contributed by atoms with Gasteiger partial charge in [0.1, 0.15) is 5.76 Å². The highest BCUT2D eigenvalue weighted by Crippen LogP contribution is 2.27. The SMILES string of the molecule is NC(=O)c1ccc(NC(=O)CN(Cc2ccco2)S(=O)(=O)c2ccc(Cl)c(Cl)c2)cc1. The van der Waals surface area contributed by atoms with Gasteiger partial charge in [0.15, 0.2) is 0 Å². The third kappa shape index (κ3) is 5.65. The van der Waals surface area contributed by atoms with Gasteiger partial charge in [-0.3, -0.25) is 9.59 Å². The van der Waals surface area contributed by atoms with E-state index in [0.717, 1.165) is 4.31 Å². The number of sulfonamides is 1. The quantitative estimate of drug-likeness (QED) is 0.509. The molecule has 162 valence electrons. The second-order valence-electron chi connectivity index (χ2n) is 6.42. The maximum Gasteiger partial charge on any atom is 0.248 e. The lowest BCUT2D eigenvalue weighted by atomic mass is 10.2. The zero-order valence-electron chi connectivity index (χ0n) is 15.9. The molecule has 0 atom stereocenters. The average Bonchev–Trinajstić information content (AvgIpc) is 3.23. The summed E-state index contributed by atoms with van der Waals surface area (Å²) < 4.78 is 32.6. The minimum Gasteiger partial charge on any atom is -0.468 e. The van der Waals surface area contributed by atoms with E-state index in [2.05, 4.69) is 5.32 Å². The Balaban J connectivity index is 1.83. The van der Waals surface area contributed by atoms with Crippen LogP contribution in [0.5, 0.6) is 0 Å². The number of benzene rings is 2. The summed E-state index contributed by atoms with van der Waals surface area (Å²) in [7, 11) is -4.11. The molecule has 0 aliphatic rings. The Kier molecular flexibility index (Phi) is 7.01. The maximum atomic E-state index is 13.2. The number of nitrogens with two attached hydrogens (primary N) is 1. The van der Waals surface area contributed by atoms with E-state index in [0.29, 0.717) is 11.4 Å². The summed E-state index contributed by atoms with van der Waals surface area (Å²) in [5.74, 6) is -0.848. The standard InChI is InChI=1S/C20H17Cl2N3O5S/c21-17-8-7-16(10-18(17)22)31(28,29)25(11-15-2-1-9-30-15)12-19(26)24-14-5-3-13(4-6-14)20(23)27/h1-10H,11-12H2,(H2,23,27)(H,24,26). The maximum absolute atomic E-state index is 13.2. The van der Waals surface area contributed by atoms with Crippen molar-refractivity contribution in [3.8, 4) is 0 Å². The smallest absolute Gasteiger partial charge is 0.248 e. The third-order valence-corrected chi connectivity index (χ3v) is 6.74. The second kappa shape index (κ2) is 9.52. The molecular formula is C20H17Cl2N3O5S. The second-order valence-corrected chi connectivity index (χ2v) is 9.17. The molecule has 3 aromatic rings. The van der Waals surface area contributed by atoms with Crippen LogP contribution in [0.2, 0.25) is 10.0 Å². The van der Waals surface area contributed by atoms with Gasteiger partial charge in [0, 0.05) is 11.3 Å². The molecule has 1 heterocycles. The van der Waals surface area contributed by atoms with Crippen LogP contribution in [0.4, 0.5) is 5.69 Å². The van der Waals surface area contributed by atoms with Crippen LogP contribution in [0.3, 0.4) is 0 Å². The first-order valence-corrected chi connectivity index (χ1v) is 11.0. The molecule has 2 aromatic carbocycles. The zero-order chi connectivity index (χ0) is 22.6. The lowest BCUT2D eigenvalue weighted by molar-refractivity contribution is -0.116. The largest absolute Gasteiger partial charge is 0.468 e. The number of rotatable bonds is 8. The van der Waals surface area contributed by atoms with Crippen molar-refractivity contribution in [2.75, 3.05) is 11.9 Å². The molecule has 0 unspecified atom stereocenters. The van der Waals surface area contributed by atoms with Crippen LogP contribution < -0.4 is 11.1 Å². The molecule has 0 spiro atoms. The topological polar surface area (TPSA) is 123 Å². The Hall–Kier alpha value is -2.85. The number of amides is 2. The minimum absolute atomic E-state index is 0.0692. The van der Waals surface area contributed by atoms with Gasteiger partial charge in [0.25, 0.3) is 0 Å². The van der Waals surface area contributed by atoms with Crippen LogP contribution in [0.25, 0.3) is 0 Å². The van der Waals surface area contributed by atoms with Gasteiger partial charge in [0.2, 0.25) is 21.8 Å². The normalized spacial score (nSPS) is 11.5. The van der Waals surface area contributed by atoms with Crippen molar-refractivity contribution < 1.29 is 22.4 Å². The van der Waals surface area contributed by atoms with Crippen molar-refractivity contribution in [1.29, 1.82) is 0 Å². The molecule has 11 heteroatoms. The number of nitrogens with zero attached hydrogens (tertiary/aromatic N) is 1. The number of primary amides is 1. The highest BCUT2D eigenvalue weighted by Gasteiger charge is 2.28. The summed E-state index contributed by atoms with van der Waals surface area (Å²) in [4.78, 5) is 23.6. The van der Waals surface area contributed by atoms with Gasteiger partial charge in [-0.05, 0) is 54.6 Å². The van der Waals surface area contributed by atoms with E-state index in [4.69, 9.17) is 33.4 Å². The summed E-state index contributed by atoms with van der Waals surface area (Å²) >= 11 is 11.9. The highest BCUT2D eigenvalue weighted by molar-refractivity contribution is 7.89. The first-order valence-electron chi connectivity index (χ1n) is 8.84. The predicted molar refractivity (Wildman–Crippen MR) is 116 cm³/mol. The summed E-state index contributed by atoms with van der Waals surface area (Å²) in [5.41, 5.74) is 5.84. The zero-order valence-corrected chi connectivity index (χ0v) is 18.2. The van der Waals surface area contributed by atoms with Crippen molar-refractivity contribution in [3.63, 3.8) is 0 Å². The Bertz CT molecular complexity index is 1200. The van der Waals surface area contributed by atoms with Gasteiger partial charge >= 0.3 is 0 Å². The first kappa shape index (κ1) is 22.8. The Labute approximate surface area is 188 Å². The van der Waals surface area contributed by atoms with Crippen LogP contribution in [-0.4, -0.2) is 31.1 Å². The fraction of sp³-hybridized carbons (Fsp3) is 0.100. The van der Waals surface area contributed by atoms with Gasteiger partial charge in [-0.25, -0.2) is 8.42 Å². The number of carbonyl (C=O) groups excluding carboxylic acids is 2. The lowest BCUT2D eigenvalue weighted by Crippen LogP contribution is -2.37. The Morgan fingerprint density at radius 2 is 1.74 bits per heavy atom. The fourth-order valence-corrected chi connectivity index (χ4v) is 4.42. The summed E-state index contributed by atoms with van der Waals surface area (Å²) in [6, 6.07) is 13.0. The van der Waals surface area contributed by atoms with E-state index in [1.54, 1.807) is 12.1 Å². The van der Waals surface area contributed by atoms with Crippen molar-refractivity contribution >= 4 is 50.7 Å². The van der Waals surface area contributed by atoms with Crippen LogP contribution in [0.15, 0.2) is 70.2 Å². The summed E-state index contributed by atoms with van der Waals surface area (Å²) in [6.45, 7) is -0.676. The molecular weight excluding hydrogens is 465 g/mol. The molecule has 0 aliphatic heterocycles.